The van der Waals surface area contributed by atoms with Crippen LogP contribution in [-0.2, 0) is 0 Å². The summed E-state index contributed by atoms with van der Waals surface area (Å²) < 4.78 is 5.22. The van der Waals surface area contributed by atoms with Gasteiger partial charge in [-0.25, -0.2) is 4.98 Å². The van der Waals surface area contributed by atoms with Gasteiger partial charge in [0, 0.05) is 10.9 Å². The highest BCUT2D eigenvalue weighted by Crippen LogP contribution is 2.33. The summed E-state index contributed by atoms with van der Waals surface area (Å²) in [6, 6.07) is 6.29. The highest BCUT2D eigenvalue weighted by Gasteiger charge is 2.20. The molecule has 1 N–H and O–H groups in total. The second-order valence-corrected chi connectivity index (χ2v) is 6.98. The van der Waals surface area contributed by atoms with Gasteiger partial charge in [0.15, 0.2) is 0 Å². The molecule has 0 radical (unpaired) electrons. The first-order valence-corrected chi connectivity index (χ1v) is 8.15. The van der Waals surface area contributed by atoms with Crippen molar-refractivity contribution < 1.29 is 4.74 Å². The standard InChI is InChI=1S/C16H21ClN2OS/c1-9(2)18-15(16-19-10(3)11(4)21-16)12-6-7-14(20-5)13(17)8-12/h6-9,15,18H,1-5H3. The van der Waals surface area contributed by atoms with E-state index in [1.54, 1.807) is 18.4 Å². The van der Waals surface area contributed by atoms with Crippen molar-refractivity contribution in [2.75, 3.05) is 7.11 Å². The van der Waals surface area contributed by atoms with Crippen LogP contribution in [0.5, 0.6) is 5.75 Å². The van der Waals surface area contributed by atoms with Crippen molar-refractivity contribution in [2.45, 2.75) is 39.8 Å². The largest absolute Gasteiger partial charge is 0.495 e. The number of thiazole rings is 1. The number of hydrogen-bond acceptors (Lipinski definition) is 4. The fourth-order valence-corrected chi connectivity index (χ4v) is 3.40. The van der Waals surface area contributed by atoms with Crippen molar-refractivity contribution in [3.63, 3.8) is 0 Å². The smallest absolute Gasteiger partial charge is 0.137 e. The van der Waals surface area contributed by atoms with Crippen molar-refractivity contribution in [1.29, 1.82) is 0 Å². The molecule has 21 heavy (non-hydrogen) atoms. The molecule has 0 fully saturated rings. The van der Waals surface area contributed by atoms with Gasteiger partial charge in [0.05, 0.1) is 23.9 Å². The number of nitrogens with one attached hydrogen (secondary N) is 1. The Morgan fingerprint density at radius 1 is 1.29 bits per heavy atom. The Balaban J connectivity index is 2.42. The van der Waals surface area contributed by atoms with E-state index in [2.05, 4.69) is 26.1 Å². The highest BCUT2D eigenvalue weighted by molar-refractivity contribution is 7.11. The zero-order valence-electron chi connectivity index (χ0n) is 13.0. The highest BCUT2D eigenvalue weighted by atomic mass is 35.5. The molecule has 1 aromatic heterocycles. The lowest BCUT2D eigenvalue weighted by molar-refractivity contribution is 0.414. The van der Waals surface area contributed by atoms with Crippen LogP contribution in [0.4, 0.5) is 0 Å². The van der Waals surface area contributed by atoms with Crippen molar-refractivity contribution in [3.8, 4) is 5.75 Å². The molecule has 5 heteroatoms. The van der Waals surface area contributed by atoms with E-state index in [4.69, 9.17) is 21.3 Å². The Kier molecular flexibility index (Phi) is 5.25. The lowest BCUT2D eigenvalue weighted by Gasteiger charge is -2.20. The summed E-state index contributed by atoms with van der Waals surface area (Å²) in [6.45, 7) is 8.41. The van der Waals surface area contributed by atoms with Crippen molar-refractivity contribution in [3.05, 3.63) is 44.4 Å². The Morgan fingerprint density at radius 2 is 2.00 bits per heavy atom. The predicted octanol–water partition coefficient (Wildman–Crippen LogP) is 4.51. The minimum Gasteiger partial charge on any atom is -0.495 e. The fraction of sp³-hybridized carbons (Fsp3) is 0.438. The number of nitrogens with zero attached hydrogens (tertiary/aromatic N) is 1. The molecule has 1 heterocycles. The van der Waals surface area contributed by atoms with Gasteiger partial charge in [-0.1, -0.05) is 17.7 Å². The summed E-state index contributed by atoms with van der Waals surface area (Å²) in [5.41, 5.74) is 2.19. The number of aromatic nitrogens is 1. The number of rotatable bonds is 5. The van der Waals surface area contributed by atoms with Gasteiger partial charge in [-0.2, -0.15) is 0 Å². The monoisotopic (exact) mass is 324 g/mol. The van der Waals surface area contributed by atoms with Crippen LogP contribution in [0.25, 0.3) is 0 Å². The number of benzene rings is 1. The first-order chi connectivity index (χ1) is 9.92. The van der Waals surface area contributed by atoms with E-state index >= 15 is 0 Å². The summed E-state index contributed by atoms with van der Waals surface area (Å²) in [5, 5.41) is 5.26. The minimum atomic E-state index is 0.0470. The molecule has 114 valence electrons. The Labute approximate surface area is 135 Å². The number of methoxy groups -OCH3 is 1. The molecule has 1 atom stereocenters. The maximum atomic E-state index is 6.26. The van der Waals surface area contributed by atoms with E-state index in [0.717, 1.165) is 16.3 Å². The first-order valence-electron chi connectivity index (χ1n) is 6.95. The molecule has 3 nitrogen and oxygen atoms in total. The van der Waals surface area contributed by atoms with E-state index < -0.39 is 0 Å². The molecular weight excluding hydrogens is 304 g/mol. The van der Waals surface area contributed by atoms with Gasteiger partial charge in [-0.3, -0.25) is 0 Å². The van der Waals surface area contributed by atoms with Crippen LogP contribution in [0.15, 0.2) is 18.2 Å². The molecule has 0 spiro atoms. The number of ether oxygens (including phenoxy) is 1. The van der Waals surface area contributed by atoms with Crippen LogP contribution in [0.1, 0.15) is 41.0 Å². The second-order valence-electron chi connectivity index (χ2n) is 5.34. The molecule has 1 aromatic carbocycles. The number of halogens is 1. The number of hydrogen-bond donors (Lipinski definition) is 1. The fourth-order valence-electron chi connectivity index (χ4n) is 2.13. The van der Waals surface area contributed by atoms with Gasteiger partial charge in [-0.05, 0) is 45.4 Å². The average molecular weight is 325 g/mol. The zero-order valence-corrected chi connectivity index (χ0v) is 14.6. The minimum absolute atomic E-state index is 0.0470. The molecule has 2 aromatic rings. The Morgan fingerprint density at radius 3 is 2.48 bits per heavy atom. The molecule has 0 saturated carbocycles. The normalized spacial score (nSPS) is 12.7. The molecule has 1 unspecified atom stereocenters. The van der Waals surface area contributed by atoms with Gasteiger partial charge in [0.2, 0.25) is 0 Å². The van der Waals surface area contributed by atoms with E-state index in [0.29, 0.717) is 16.8 Å². The summed E-state index contributed by atoms with van der Waals surface area (Å²) in [7, 11) is 1.62. The maximum absolute atomic E-state index is 6.26. The summed E-state index contributed by atoms with van der Waals surface area (Å²) in [6.07, 6.45) is 0. The van der Waals surface area contributed by atoms with Gasteiger partial charge >= 0.3 is 0 Å². The predicted molar refractivity (Wildman–Crippen MR) is 89.7 cm³/mol. The Bertz CT molecular complexity index is 605. The van der Waals surface area contributed by atoms with E-state index in [1.165, 1.54) is 4.88 Å². The molecule has 0 bridgehead atoms. The quantitative estimate of drug-likeness (QED) is 0.878. The van der Waals surface area contributed by atoms with Crippen LogP contribution in [0, 0.1) is 13.8 Å². The molecule has 0 saturated heterocycles. The average Bonchev–Trinajstić information content (AvgIpc) is 2.75. The molecule has 2 rings (SSSR count). The summed E-state index contributed by atoms with van der Waals surface area (Å²) in [5.74, 6) is 0.690. The van der Waals surface area contributed by atoms with Gasteiger partial charge in [-0.15, -0.1) is 11.3 Å². The van der Waals surface area contributed by atoms with E-state index in [-0.39, 0.29) is 6.04 Å². The maximum Gasteiger partial charge on any atom is 0.137 e. The van der Waals surface area contributed by atoms with Gasteiger partial charge in [0.25, 0.3) is 0 Å². The third kappa shape index (κ3) is 3.76. The SMILES string of the molecule is COc1ccc(C(NC(C)C)c2nc(C)c(C)s2)cc1Cl. The lowest BCUT2D eigenvalue weighted by atomic mass is 10.1. The first kappa shape index (κ1) is 16.3. The second kappa shape index (κ2) is 6.77. The Hall–Kier alpha value is -1.10. The van der Waals surface area contributed by atoms with Crippen LogP contribution in [-0.4, -0.2) is 18.1 Å². The van der Waals surface area contributed by atoms with E-state index in [1.807, 2.05) is 25.1 Å². The van der Waals surface area contributed by atoms with Crippen molar-refractivity contribution >= 4 is 22.9 Å². The molecule has 0 aliphatic rings. The van der Waals surface area contributed by atoms with Gasteiger partial charge in [0.1, 0.15) is 10.8 Å². The third-order valence-electron chi connectivity index (χ3n) is 3.30. The summed E-state index contributed by atoms with van der Waals surface area (Å²) >= 11 is 7.99. The topological polar surface area (TPSA) is 34.1 Å². The molecule has 0 amide bonds. The van der Waals surface area contributed by atoms with E-state index in [9.17, 15) is 0 Å². The van der Waals surface area contributed by atoms with Crippen LogP contribution >= 0.6 is 22.9 Å². The third-order valence-corrected chi connectivity index (χ3v) is 4.73. The number of aryl methyl sites for hydroxylation is 2. The summed E-state index contributed by atoms with van der Waals surface area (Å²) in [4.78, 5) is 5.94. The van der Waals surface area contributed by atoms with Gasteiger partial charge < -0.3 is 10.1 Å². The van der Waals surface area contributed by atoms with Crippen LogP contribution in [0.2, 0.25) is 5.02 Å². The molecule has 0 aliphatic heterocycles. The van der Waals surface area contributed by atoms with Crippen LogP contribution < -0.4 is 10.1 Å². The van der Waals surface area contributed by atoms with Crippen LogP contribution in [0.3, 0.4) is 0 Å². The van der Waals surface area contributed by atoms with Crippen molar-refractivity contribution in [2.24, 2.45) is 0 Å². The zero-order chi connectivity index (χ0) is 15.6. The molecular formula is C16H21ClN2OS. The lowest BCUT2D eigenvalue weighted by Crippen LogP contribution is -2.28. The van der Waals surface area contributed by atoms with Crippen molar-refractivity contribution in [1.82, 2.24) is 10.3 Å². The molecule has 0 aliphatic carbocycles.